The Balaban J connectivity index is 2.13. The number of ether oxygens (including phenoxy) is 1. The lowest BCUT2D eigenvalue weighted by Crippen LogP contribution is -2.56. The van der Waals surface area contributed by atoms with Gasteiger partial charge in [0.25, 0.3) is 5.91 Å². The normalized spacial score (nSPS) is 16.8. The lowest BCUT2D eigenvalue weighted by Gasteiger charge is -2.40. The third-order valence-corrected chi connectivity index (χ3v) is 3.66. The summed E-state index contributed by atoms with van der Waals surface area (Å²) < 4.78 is 5.20. The van der Waals surface area contributed by atoms with E-state index in [-0.39, 0.29) is 12.5 Å². The van der Waals surface area contributed by atoms with Crippen molar-refractivity contribution in [2.45, 2.75) is 31.7 Å². The molecule has 1 saturated carbocycles. The first-order chi connectivity index (χ1) is 8.60. The van der Waals surface area contributed by atoms with Crippen molar-refractivity contribution in [3.8, 4) is 5.75 Å². The molecule has 1 amide bonds. The molecule has 98 valence electrons. The Bertz CT molecular complexity index is 447. The molecule has 0 bridgehead atoms. The molecule has 4 heteroatoms. The zero-order valence-corrected chi connectivity index (χ0v) is 10.8. The summed E-state index contributed by atoms with van der Waals surface area (Å²) in [5, 5.41) is 12.3. The van der Waals surface area contributed by atoms with Gasteiger partial charge >= 0.3 is 0 Å². The van der Waals surface area contributed by atoms with E-state index in [1.807, 2.05) is 13.0 Å². The average molecular weight is 249 g/mol. The van der Waals surface area contributed by atoms with Crippen LogP contribution in [-0.4, -0.2) is 30.3 Å². The first-order valence-corrected chi connectivity index (χ1v) is 6.18. The molecule has 0 unspecified atom stereocenters. The second-order valence-electron chi connectivity index (χ2n) is 4.93. The molecule has 0 saturated heterocycles. The van der Waals surface area contributed by atoms with Gasteiger partial charge in [0.2, 0.25) is 0 Å². The Morgan fingerprint density at radius 2 is 2.22 bits per heavy atom. The second kappa shape index (κ2) is 4.98. The number of carbonyl (C=O) groups is 1. The summed E-state index contributed by atoms with van der Waals surface area (Å²) in [6.45, 7) is 1.93. The van der Waals surface area contributed by atoms with E-state index in [0.717, 1.165) is 24.8 Å². The molecule has 1 fully saturated rings. The number of aryl methyl sites for hydroxylation is 1. The Hall–Kier alpha value is -1.55. The summed E-state index contributed by atoms with van der Waals surface area (Å²) in [6, 6.07) is 5.37. The Labute approximate surface area is 107 Å². The Morgan fingerprint density at radius 3 is 2.72 bits per heavy atom. The van der Waals surface area contributed by atoms with Gasteiger partial charge in [-0.2, -0.15) is 0 Å². The van der Waals surface area contributed by atoms with Crippen molar-refractivity contribution in [1.82, 2.24) is 5.32 Å². The topological polar surface area (TPSA) is 58.6 Å². The van der Waals surface area contributed by atoms with E-state index in [1.54, 1.807) is 19.2 Å². The summed E-state index contributed by atoms with van der Waals surface area (Å²) in [4.78, 5) is 12.1. The predicted octanol–water partition coefficient (Wildman–Crippen LogP) is 1.65. The zero-order valence-electron chi connectivity index (χ0n) is 10.8. The maximum atomic E-state index is 12.1. The molecule has 1 aromatic carbocycles. The van der Waals surface area contributed by atoms with E-state index in [1.165, 1.54) is 0 Å². The van der Waals surface area contributed by atoms with Crippen LogP contribution in [0.4, 0.5) is 0 Å². The van der Waals surface area contributed by atoms with Crippen molar-refractivity contribution in [2.24, 2.45) is 0 Å². The molecule has 1 aromatic rings. The van der Waals surface area contributed by atoms with Crippen LogP contribution in [0.2, 0.25) is 0 Å². The molecule has 1 aliphatic carbocycles. The lowest BCUT2D eigenvalue weighted by atomic mass is 9.77. The molecule has 0 radical (unpaired) electrons. The fourth-order valence-corrected chi connectivity index (χ4v) is 2.20. The summed E-state index contributed by atoms with van der Waals surface area (Å²) in [6.07, 6.45) is 2.74. The highest BCUT2D eigenvalue weighted by Gasteiger charge is 2.37. The first kappa shape index (κ1) is 12.9. The number of hydrogen-bond acceptors (Lipinski definition) is 3. The number of nitrogens with one attached hydrogen (secondary N) is 1. The van der Waals surface area contributed by atoms with E-state index in [4.69, 9.17) is 4.74 Å². The molecule has 0 atom stereocenters. The van der Waals surface area contributed by atoms with Crippen LogP contribution in [0.1, 0.15) is 35.2 Å². The Kier molecular flexibility index (Phi) is 3.57. The van der Waals surface area contributed by atoms with Gasteiger partial charge in [0.05, 0.1) is 19.3 Å². The van der Waals surface area contributed by atoms with Gasteiger partial charge in [-0.15, -0.1) is 0 Å². The van der Waals surface area contributed by atoms with Gasteiger partial charge in [-0.25, -0.2) is 0 Å². The molecule has 0 heterocycles. The summed E-state index contributed by atoms with van der Waals surface area (Å²) in [5.74, 6) is 0.552. The molecule has 4 nitrogen and oxygen atoms in total. The lowest BCUT2D eigenvalue weighted by molar-refractivity contribution is 0.0641. The van der Waals surface area contributed by atoms with Gasteiger partial charge in [0.15, 0.2) is 0 Å². The van der Waals surface area contributed by atoms with Crippen LogP contribution in [-0.2, 0) is 0 Å². The third kappa shape index (κ3) is 2.34. The van der Waals surface area contributed by atoms with Gasteiger partial charge in [0.1, 0.15) is 5.75 Å². The predicted molar refractivity (Wildman–Crippen MR) is 68.9 cm³/mol. The molecule has 1 aliphatic rings. The number of methoxy groups -OCH3 is 1. The highest BCUT2D eigenvalue weighted by Crippen LogP contribution is 2.31. The quantitative estimate of drug-likeness (QED) is 0.853. The number of aliphatic hydroxyl groups is 1. The van der Waals surface area contributed by atoms with Crippen molar-refractivity contribution >= 4 is 5.91 Å². The highest BCUT2D eigenvalue weighted by atomic mass is 16.5. The Morgan fingerprint density at radius 1 is 1.50 bits per heavy atom. The number of aliphatic hydroxyl groups excluding tert-OH is 1. The minimum Gasteiger partial charge on any atom is -0.496 e. The molecule has 0 aromatic heterocycles. The fourth-order valence-electron chi connectivity index (χ4n) is 2.20. The number of carbonyl (C=O) groups excluding carboxylic acids is 1. The van der Waals surface area contributed by atoms with Crippen molar-refractivity contribution in [1.29, 1.82) is 0 Å². The van der Waals surface area contributed by atoms with Crippen molar-refractivity contribution in [2.75, 3.05) is 13.7 Å². The number of rotatable bonds is 4. The summed E-state index contributed by atoms with van der Waals surface area (Å²) in [5.41, 5.74) is 1.15. The molecule has 2 rings (SSSR count). The molecule has 0 aliphatic heterocycles. The molecular formula is C14H19NO3. The van der Waals surface area contributed by atoms with Crippen molar-refractivity contribution in [3.05, 3.63) is 29.3 Å². The molecule has 18 heavy (non-hydrogen) atoms. The van der Waals surface area contributed by atoms with E-state index in [2.05, 4.69) is 5.32 Å². The van der Waals surface area contributed by atoms with Crippen LogP contribution in [0.25, 0.3) is 0 Å². The van der Waals surface area contributed by atoms with E-state index < -0.39 is 5.54 Å². The average Bonchev–Trinajstić information content (AvgIpc) is 2.34. The molecule has 2 N–H and O–H groups in total. The van der Waals surface area contributed by atoms with Gasteiger partial charge in [0, 0.05) is 5.56 Å². The van der Waals surface area contributed by atoms with Crippen molar-refractivity contribution < 1.29 is 14.6 Å². The van der Waals surface area contributed by atoms with Crippen LogP contribution in [0.5, 0.6) is 5.75 Å². The summed E-state index contributed by atoms with van der Waals surface area (Å²) >= 11 is 0. The largest absolute Gasteiger partial charge is 0.496 e. The first-order valence-electron chi connectivity index (χ1n) is 6.18. The van der Waals surface area contributed by atoms with Gasteiger partial charge in [-0.05, 0) is 43.9 Å². The third-order valence-electron chi connectivity index (χ3n) is 3.66. The van der Waals surface area contributed by atoms with Crippen LogP contribution >= 0.6 is 0 Å². The van der Waals surface area contributed by atoms with Crippen LogP contribution < -0.4 is 10.1 Å². The molecular weight excluding hydrogens is 230 g/mol. The molecule has 0 spiro atoms. The minimum absolute atomic E-state index is 0.00172. The number of amides is 1. The minimum atomic E-state index is -0.408. The SMILES string of the molecule is COc1cc(C(=O)NC2(CO)CCC2)ccc1C. The monoisotopic (exact) mass is 249 g/mol. The summed E-state index contributed by atoms with van der Waals surface area (Å²) in [7, 11) is 1.59. The highest BCUT2D eigenvalue weighted by molar-refractivity contribution is 5.95. The maximum Gasteiger partial charge on any atom is 0.251 e. The van der Waals surface area contributed by atoms with Crippen molar-refractivity contribution in [3.63, 3.8) is 0 Å². The van der Waals surface area contributed by atoms with Crippen LogP contribution in [0, 0.1) is 6.92 Å². The van der Waals surface area contributed by atoms with Crippen LogP contribution in [0.15, 0.2) is 18.2 Å². The van der Waals surface area contributed by atoms with E-state index in [9.17, 15) is 9.90 Å². The van der Waals surface area contributed by atoms with Gasteiger partial charge in [-0.3, -0.25) is 4.79 Å². The number of hydrogen-bond donors (Lipinski definition) is 2. The standard InChI is InChI=1S/C14H19NO3/c1-10-4-5-11(8-12(10)18-2)13(17)15-14(9-16)6-3-7-14/h4-5,8,16H,3,6-7,9H2,1-2H3,(H,15,17). The number of benzene rings is 1. The maximum absolute atomic E-state index is 12.1. The van der Waals surface area contributed by atoms with Crippen LogP contribution in [0.3, 0.4) is 0 Å². The zero-order chi connectivity index (χ0) is 13.2. The van der Waals surface area contributed by atoms with E-state index >= 15 is 0 Å². The second-order valence-corrected chi connectivity index (χ2v) is 4.93. The van der Waals surface area contributed by atoms with Gasteiger partial charge in [-0.1, -0.05) is 6.07 Å². The fraction of sp³-hybridized carbons (Fsp3) is 0.500. The smallest absolute Gasteiger partial charge is 0.251 e. The van der Waals surface area contributed by atoms with E-state index in [0.29, 0.717) is 11.3 Å². The van der Waals surface area contributed by atoms with Gasteiger partial charge < -0.3 is 15.2 Å².